The molecule has 0 saturated heterocycles. The summed E-state index contributed by atoms with van der Waals surface area (Å²) in [6.45, 7) is 0. The first kappa shape index (κ1) is 10.8. The van der Waals surface area contributed by atoms with E-state index in [4.69, 9.17) is 10.3 Å². The SMILES string of the molecule is [O-][I+2]([O-])O.c1ccc2scnc2c1. The van der Waals surface area contributed by atoms with E-state index in [0.717, 1.165) is 5.52 Å². The molecule has 2 rings (SSSR count). The van der Waals surface area contributed by atoms with Crippen molar-refractivity contribution in [3.8, 4) is 0 Å². The zero-order chi connectivity index (χ0) is 9.68. The van der Waals surface area contributed by atoms with Gasteiger partial charge in [-0.3, -0.25) is 0 Å². The number of nitrogens with zero attached hydrogens (tertiary/aromatic N) is 1. The Labute approximate surface area is 87.5 Å². The van der Waals surface area contributed by atoms with E-state index in [1.165, 1.54) is 4.70 Å². The van der Waals surface area contributed by atoms with E-state index in [0.29, 0.717) is 0 Å². The zero-order valence-corrected chi connectivity index (χ0v) is 9.36. The second-order valence-electron chi connectivity index (χ2n) is 2.02. The summed E-state index contributed by atoms with van der Waals surface area (Å²) in [5, 5.41) is 0. The molecule has 1 heterocycles. The van der Waals surface area contributed by atoms with Gasteiger partial charge in [-0.05, 0) is 15.6 Å². The fourth-order valence-corrected chi connectivity index (χ4v) is 1.48. The highest BCUT2D eigenvalue weighted by Gasteiger charge is 1.90. The Balaban J connectivity index is 0.000000184. The standard InChI is InChI=1S/C7H5NS.HIO3/c1-2-4-7-6(3-1)8-5-9-7;2-1(3)4/h1-5H;2H. The first-order valence-electron chi connectivity index (χ1n) is 3.23. The Morgan fingerprint density at radius 2 is 1.92 bits per heavy atom. The molecule has 6 heteroatoms. The van der Waals surface area contributed by atoms with Crippen LogP contribution in [0.3, 0.4) is 0 Å². The summed E-state index contributed by atoms with van der Waals surface area (Å²) in [4.78, 5) is 4.14. The Bertz CT molecular complexity index is 332. The second kappa shape index (κ2) is 5.45. The number of rotatable bonds is 0. The third-order valence-corrected chi connectivity index (χ3v) is 2.05. The van der Waals surface area contributed by atoms with Crippen molar-refractivity contribution in [3.63, 3.8) is 0 Å². The van der Waals surface area contributed by atoms with Gasteiger partial charge in [-0.15, -0.1) is 11.3 Å². The number of hydrogen-bond acceptors (Lipinski definition) is 5. The smallest absolute Gasteiger partial charge is 0.396 e. The monoisotopic (exact) mass is 311 g/mol. The Morgan fingerprint density at radius 1 is 1.31 bits per heavy atom. The van der Waals surface area contributed by atoms with Crippen LogP contribution in [0.5, 0.6) is 0 Å². The van der Waals surface area contributed by atoms with E-state index in [2.05, 4.69) is 11.1 Å². The van der Waals surface area contributed by atoms with Crippen molar-refractivity contribution >= 4 is 21.6 Å². The normalized spacial score (nSPS) is 9.85. The van der Waals surface area contributed by atoms with Crippen molar-refractivity contribution in [3.05, 3.63) is 29.8 Å². The minimum Gasteiger partial charge on any atom is -0.396 e. The molecule has 0 aliphatic rings. The van der Waals surface area contributed by atoms with Crippen LogP contribution in [0.1, 0.15) is 0 Å². The van der Waals surface area contributed by atoms with Gasteiger partial charge in [0.1, 0.15) is 0 Å². The number of para-hydroxylation sites is 1. The highest BCUT2D eigenvalue weighted by Crippen LogP contribution is 2.15. The predicted octanol–water partition coefficient (Wildman–Crippen LogP) is -3.63. The first-order valence-corrected chi connectivity index (χ1v) is 6.83. The first-order chi connectivity index (χ1) is 6.20. The highest BCUT2D eigenvalue weighted by molar-refractivity contribution is 7.16. The lowest BCUT2D eigenvalue weighted by atomic mass is 10.3. The van der Waals surface area contributed by atoms with Crippen LogP contribution in [0.25, 0.3) is 10.2 Å². The molecule has 2 aromatic rings. The van der Waals surface area contributed by atoms with Crippen molar-refractivity contribution in [1.29, 1.82) is 0 Å². The Kier molecular flexibility index (Phi) is 4.53. The van der Waals surface area contributed by atoms with Gasteiger partial charge in [0.05, 0.1) is 15.7 Å². The summed E-state index contributed by atoms with van der Waals surface area (Å²) in [5.74, 6) is 0. The van der Waals surface area contributed by atoms with E-state index in [-0.39, 0.29) is 0 Å². The average molecular weight is 311 g/mol. The lowest BCUT2D eigenvalue weighted by molar-refractivity contribution is -1.63. The third kappa shape index (κ3) is 3.96. The summed E-state index contributed by atoms with van der Waals surface area (Å²) < 4.78 is 25.7. The number of hydrogen-bond donors (Lipinski definition) is 1. The molecule has 0 saturated carbocycles. The lowest BCUT2D eigenvalue weighted by Crippen LogP contribution is -3.98. The lowest BCUT2D eigenvalue weighted by Gasteiger charge is -1.80. The minimum absolute atomic E-state index is 1.10. The zero-order valence-electron chi connectivity index (χ0n) is 6.38. The summed E-state index contributed by atoms with van der Waals surface area (Å²) in [7, 11) is 0. The van der Waals surface area contributed by atoms with E-state index >= 15 is 0 Å². The van der Waals surface area contributed by atoms with Gasteiger partial charge < -0.3 is 6.87 Å². The number of aromatic nitrogens is 1. The Morgan fingerprint density at radius 3 is 2.54 bits per heavy atom. The molecule has 1 N–H and O–H groups in total. The van der Waals surface area contributed by atoms with Crippen LogP contribution in [-0.4, -0.2) is 8.42 Å². The molecule has 0 amide bonds. The fourth-order valence-electron chi connectivity index (χ4n) is 0.803. The van der Waals surface area contributed by atoms with Crippen LogP contribution in [0.15, 0.2) is 29.8 Å². The van der Waals surface area contributed by atoms with Crippen LogP contribution in [-0.2, 0) is 0 Å². The van der Waals surface area contributed by atoms with Crippen molar-refractivity contribution in [2.45, 2.75) is 0 Å². The molecule has 4 nitrogen and oxygen atoms in total. The molecular weight excluding hydrogens is 305 g/mol. The summed E-state index contributed by atoms with van der Waals surface area (Å²) in [6.07, 6.45) is 0. The summed E-state index contributed by atoms with van der Waals surface area (Å²) >= 11 is -2.09. The second-order valence-corrected chi connectivity index (χ2v) is 4.05. The van der Waals surface area contributed by atoms with E-state index < -0.39 is 21.1 Å². The van der Waals surface area contributed by atoms with Crippen molar-refractivity contribution < 1.29 is 31.4 Å². The molecule has 13 heavy (non-hydrogen) atoms. The molecular formula is C7H6INO3S. The van der Waals surface area contributed by atoms with Gasteiger partial charge in [0.25, 0.3) is 0 Å². The van der Waals surface area contributed by atoms with Crippen molar-refractivity contribution in [2.24, 2.45) is 0 Å². The van der Waals surface area contributed by atoms with Gasteiger partial charge in [-0.1, -0.05) is 12.1 Å². The van der Waals surface area contributed by atoms with Crippen LogP contribution < -0.4 is 27.9 Å². The molecule has 1 aromatic carbocycles. The number of fused-ring (bicyclic) bond motifs is 1. The molecule has 0 fully saturated rings. The predicted molar refractivity (Wildman–Crippen MR) is 41.8 cm³/mol. The molecule has 0 bridgehead atoms. The molecule has 0 atom stereocenters. The molecule has 1 aromatic heterocycles. The minimum atomic E-state index is -3.76. The van der Waals surface area contributed by atoms with Gasteiger partial charge >= 0.3 is 21.1 Å². The largest absolute Gasteiger partial charge is 0.503 e. The van der Waals surface area contributed by atoms with Crippen LogP contribution in [0, 0.1) is 0 Å². The van der Waals surface area contributed by atoms with Crippen molar-refractivity contribution in [1.82, 2.24) is 4.98 Å². The van der Waals surface area contributed by atoms with Gasteiger partial charge in [-0.2, -0.15) is 0 Å². The van der Waals surface area contributed by atoms with Gasteiger partial charge in [0, 0.05) is 0 Å². The summed E-state index contributed by atoms with van der Waals surface area (Å²) in [5.41, 5.74) is 2.97. The van der Waals surface area contributed by atoms with Gasteiger partial charge in [-0.25, -0.2) is 4.98 Å². The van der Waals surface area contributed by atoms with Gasteiger partial charge in [0.2, 0.25) is 0 Å². The third-order valence-electron chi connectivity index (χ3n) is 1.24. The molecule has 0 radical (unpaired) electrons. The summed E-state index contributed by atoms with van der Waals surface area (Å²) in [6, 6.07) is 8.13. The van der Waals surface area contributed by atoms with E-state index in [1.54, 1.807) is 11.3 Å². The fraction of sp³-hybridized carbons (Fsp3) is 0. The van der Waals surface area contributed by atoms with Crippen LogP contribution in [0.4, 0.5) is 0 Å². The maximum absolute atomic E-state index is 8.68. The molecule has 0 unspecified atom stereocenters. The van der Waals surface area contributed by atoms with E-state index in [1.807, 2.05) is 23.7 Å². The molecule has 70 valence electrons. The highest BCUT2D eigenvalue weighted by atomic mass is 127. The topological polar surface area (TPSA) is 79.2 Å². The maximum atomic E-state index is 8.68. The van der Waals surface area contributed by atoms with E-state index in [9.17, 15) is 0 Å². The van der Waals surface area contributed by atoms with Crippen LogP contribution >= 0.6 is 11.3 Å². The quantitative estimate of drug-likeness (QED) is 0.509. The van der Waals surface area contributed by atoms with Crippen LogP contribution in [0.2, 0.25) is 0 Å². The Hall–Kier alpha value is -0.280. The number of thiazole rings is 1. The molecule has 0 spiro atoms. The number of halogens is 1. The maximum Gasteiger partial charge on any atom is 0.503 e. The average Bonchev–Trinajstić information content (AvgIpc) is 2.49. The molecule has 0 aliphatic carbocycles. The number of benzene rings is 1. The van der Waals surface area contributed by atoms with Crippen molar-refractivity contribution in [2.75, 3.05) is 0 Å². The molecule has 0 aliphatic heterocycles. The van der Waals surface area contributed by atoms with Gasteiger partial charge in [0.15, 0.2) is 0 Å².